The number of amides is 1. The van der Waals surface area contributed by atoms with E-state index in [4.69, 9.17) is 11.6 Å². The predicted molar refractivity (Wildman–Crippen MR) is 96.0 cm³/mol. The van der Waals surface area contributed by atoms with Gasteiger partial charge in [0.1, 0.15) is 0 Å². The molecule has 0 saturated carbocycles. The van der Waals surface area contributed by atoms with Crippen LogP contribution in [0.2, 0.25) is 5.02 Å². The molecule has 2 aromatic carbocycles. The van der Waals surface area contributed by atoms with Gasteiger partial charge in [0.15, 0.2) is 9.84 Å². The first kappa shape index (κ1) is 18.3. The minimum atomic E-state index is -3.21. The van der Waals surface area contributed by atoms with Crippen molar-refractivity contribution in [2.24, 2.45) is 0 Å². The minimum Gasteiger partial charge on any atom is -0.376 e. The molecule has 7 heteroatoms. The summed E-state index contributed by atoms with van der Waals surface area (Å²) in [5, 5.41) is 6.33. The molecule has 0 radical (unpaired) electrons. The van der Waals surface area contributed by atoms with E-state index in [9.17, 15) is 13.2 Å². The lowest BCUT2D eigenvalue weighted by Gasteiger charge is -2.09. The SMILES string of the molecule is CCS(=O)(=O)c1ccc(NCC(=O)NCc2ccccc2Cl)cc1. The maximum absolute atomic E-state index is 11.9. The van der Waals surface area contributed by atoms with Gasteiger partial charge in [-0.2, -0.15) is 0 Å². The zero-order valence-electron chi connectivity index (χ0n) is 13.3. The zero-order chi connectivity index (χ0) is 17.6. The highest BCUT2D eigenvalue weighted by molar-refractivity contribution is 7.91. The highest BCUT2D eigenvalue weighted by Gasteiger charge is 2.11. The van der Waals surface area contributed by atoms with Crippen LogP contribution in [0.1, 0.15) is 12.5 Å². The van der Waals surface area contributed by atoms with Crippen LogP contribution in [0.25, 0.3) is 0 Å². The number of nitrogens with one attached hydrogen (secondary N) is 2. The van der Waals surface area contributed by atoms with E-state index in [-0.39, 0.29) is 23.1 Å². The molecule has 0 aliphatic rings. The summed E-state index contributed by atoms with van der Waals surface area (Å²) in [4.78, 5) is 12.1. The third kappa shape index (κ3) is 4.97. The number of hydrogen-bond donors (Lipinski definition) is 2. The summed E-state index contributed by atoms with van der Waals surface area (Å²) in [5.74, 6) is -0.121. The standard InChI is InChI=1S/C17H19ClN2O3S/c1-2-24(22,23)15-9-7-14(8-10-15)19-12-17(21)20-11-13-5-3-4-6-16(13)18/h3-10,19H,2,11-12H2,1H3,(H,20,21). The Morgan fingerprint density at radius 3 is 2.38 bits per heavy atom. The van der Waals surface area contributed by atoms with Gasteiger partial charge in [0.25, 0.3) is 0 Å². The van der Waals surface area contributed by atoms with E-state index in [0.717, 1.165) is 5.56 Å². The molecule has 0 aliphatic carbocycles. The molecule has 0 aliphatic heterocycles. The number of sulfone groups is 1. The normalized spacial score (nSPS) is 11.1. The molecule has 128 valence electrons. The van der Waals surface area contributed by atoms with Crippen LogP contribution in [0.15, 0.2) is 53.4 Å². The Morgan fingerprint density at radius 1 is 1.08 bits per heavy atom. The average molecular weight is 367 g/mol. The zero-order valence-corrected chi connectivity index (χ0v) is 14.8. The number of benzene rings is 2. The molecule has 0 fully saturated rings. The number of hydrogen-bond acceptors (Lipinski definition) is 4. The van der Waals surface area contributed by atoms with Crippen LogP contribution in [0, 0.1) is 0 Å². The summed E-state index contributed by atoms with van der Waals surface area (Å²) in [6.07, 6.45) is 0. The third-order valence-corrected chi connectivity index (χ3v) is 5.60. The van der Waals surface area contributed by atoms with Gasteiger partial charge in [-0.1, -0.05) is 36.7 Å². The highest BCUT2D eigenvalue weighted by Crippen LogP contribution is 2.15. The van der Waals surface area contributed by atoms with E-state index in [1.807, 2.05) is 18.2 Å². The fourth-order valence-electron chi connectivity index (χ4n) is 2.03. The lowest BCUT2D eigenvalue weighted by molar-refractivity contribution is -0.119. The number of anilines is 1. The minimum absolute atomic E-state index is 0.0597. The topological polar surface area (TPSA) is 75.3 Å². The van der Waals surface area contributed by atoms with Gasteiger partial charge < -0.3 is 10.6 Å². The molecule has 1 amide bonds. The summed E-state index contributed by atoms with van der Waals surface area (Å²) < 4.78 is 23.5. The Hall–Kier alpha value is -2.05. The molecule has 2 N–H and O–H groups in total. The van der Waals surface area contributed by atoms with Crippen molar-refractivity contribution in [3.8, 4) is 0 Å². The van der Waals surface area contributed by atoms with Crippen molar-refractivity contribution in [2.75, 3.05) is 17.6 Å². The first-order valence-corrected chi connectivity index (χ1v) is 9.52. The van der Waals surface area contributed by atoms with E-state index in [2.05, 4.69) is 10.6 Å². The average Bonchev–Trinajstić information content (AvgIpc) is 2.59. The number of carbonyl (C=O) groups excluding carboxylic acids is 1. The van der Waals surface area contributed by atoms with Crippen molar-refractivity contribution in [1.82, 2.24) is 5.32 Å². The van der Waals surface area contributed by atoms with Crippen LogP contribution in [-0.2, 0) is 21.2 Å². The maximum Gasteiger partial charge on any atom is 0.239 e. The van der Waals surface area contributed by atoms with Gasteiger partial charge >= 0.3 is 0 Å². The largest absolute Gasteiger partial charge is 0.376 e. The van der Waals surface area contributed by atoms with Crippen LogP contribution >= 0.6 is 11.6 Å². The lowest BCUT2D eigenvalue weighted by Crippen LogP contribution is -2.29. The van der Waals surface area contributed by atoms with Gasteiger partial charge in [-0.05, 0) is 35.9 Å². The van der Waals surface area contributed by atoms with Crippen LogP contribution in [0.3, 0.4) is 0 Å². The molecule has 0 unspecified atom stereocenters. The van der Waals surface area contributed by atoms with Gasteiger partial charge in [-0.25, -0.2) is 8.42 Å². The molecule has 5 nitrogen and oxygen atoms in total. The van der Waals surface area contributed by atoms with Crippen molar-refractivity contribution < 1.29 is 13.2 Å². The lowest BCUT2D eigenvalue weighted by atomic mass is 10.2. The monoisotopic (exact) mass is 366 g/mol. The Morgan fingerprint density at radius 2 is 1.75 bits per heavy atom. The molecule has 2 aromatic rings. The van der Waals surface area contributed by atoms with Crippen LogP contribution < -0.4 is 10.6 Å². The van der Waals surface area contributed by atoms with E-state index in [1.165, 1.54) is 12.1 Å². The Kier molecular flexibility index (Phi) is 6.23. The second-order valence-electron chi connectivity index (χ2n) is 5.15. The van der Waals surface area contributed by atoms with Crippen LogP contribution in [0.4, 0.5) is 5.69 Å². The van der Waals surface area contributed by atoms with Crippen molar-refractivity contribution in [3.05, 3.63) is 59.1 Å². The van der Waals surface area contributed by atoms with Gasteiger partial charge in [0.2, 0.25) is 5.91 Å². The first-order chi connectivity index (χ1) is 11.4. The van der Waals surface area contributed by atoms with Crippen LogP contribution in [-0.4, -0.2) is 26.6 Å². The summed E-state index contributed by atoms with van der Waals surface area (Å²) in [7, 11) is -3.21. The van der Waals surface area contributed by atoms with Crippen molar-refractivity contribution in [2.45, 2.75) is 18.4 Å². The third-order valence-electron chi connectivity index (χ3n) is 3.48. The first-order valence-electron chi connectivity index (χ1n) is 7.49. The van der Waals surface area contributed by atoms with E-state index in [1.54, 1.807) is 25.1 Å². The Balaban J connectivity index is 1.85. The summed E-state index contributed by atoms with van der Waals surface area (Å²) in [5.41, 5.74) is 1.53. The van der Waals surface area contributed by atoms with Gasteiger partial charge in [-0.15, -0.1) is 0 Å². The molecule has 0 saturated heterocycles. The van der Waals surface area contributed by atoms with Crippen molar-refractivity contribution in [3.63, 3.8) is 0 Å². The molecular weight excluding hydrogens is 348 g/mol. The Bertz CT molecular complexity index is 805. The van der Waals surface area contributed by atoms with Crippen molar-refractivity contribution >= 4 is 33.0 Å². The number of rotatable bonds is 7. The maximum atomic E-state index is 11.9. The molecule has 0 bridgehead atoms. The molecule has 0 heterocycles. The summed E-state index contributed by atoms with van der Waals surface area (Å²) in [6, 6.07) is 13.7. The van der Waals surface area contributed by atoms with Gasteiger partial charge in [0, 0.05) is 17.3 Å². The second-order valence-corrected chi connectivity index (χ2v) is 7.83. The fourth-order valence-corrected chi connectivity index (χ4v) is 3.11. The molecule has 0 spiro atoms. The van der Waals surface area contributed by atoms with Gasteiger partial charge in [-0.3, -0.25) is 4.79 Å². The number of carbonyl (C=O) groups is 1. The molecule has 0 aromatic heterocycles. The van der Waals surface area contributed by atoms with E-state index >= 15 is 0 Å². The highest BCUT2D eigenvalue weighted by atomic mass is 35.5. The van der Waals surface area contributed by atoms with E-state index in [0.29, 0.717) is 17.3 Å². The number of halogens is 1. The molecule has 24 heavy (non-hydrogen) atoms. The second kappa shape index (κ2) is 8.17. The quantitative estimate of drug-likeness (QED) is 0.790. The molecular formula is C17H19ClN2O3S. The summed E-state index contributed by atoms with van der Waals surface area (Å²) in [6.45, 7) is 2.04. The molecule has 2 rings (SSSR count). The summed E-state index contributed by atoms with van der Waals surface area (Å²) >= 11 is 6.03. The Labute approximate surface area is 147 Å². The fraction of sp³-hybridized carbons (Fsp3) is 0.235. The predicted octanol–water partition coefficient (Wildman–Crippen LogP) is 2.86. The van der Waals surface area contributed by atoms with Crippen LogP contribution in [0.5, 0.6) is 0 Å². The van der Waals surface area contributed by atoms with Gasteiger partial charge in [0.05, 0.1) is 17.2 Å². The molecule has 0 atom stereocenters. The smallest absolute Gasteiger partial charge is 0.239 e. The van der Waals surface area contributed by atoms with Crippen molar-refractivity contribution in [1.29, 1.82) is 0 Å². The van der Waals surface area contributed by atoms with E-state index < -0.39 is 9.84 Å².